The summed E-state index contributed by atoms with van der Waals surface area (Å²) in [5.74, 6) is -3.51. The Morgan fingerprint density at radius 1 is 0.356 bits per heavy atom. The van der Waals surface area contributed by atoms with Gasteiger partial charge in [-0.1, -0.05) is 89.9 Å². The van der Waals surface area contributed by atoms with Crippen LogP contribution in [0.1, 0.15) is 167 Å². The minimum Gasteiger partial charge on any atom is -0.481 e. The first kappa shape index (κ1) is 69.2. The summed E-state index contributed by atoms with van der Waals surface area (Å²) in [6, 6.07) is 0. The number of carboxylic acids is 2. The van der Waals surface area contributed by atoms with Gasteiger partial charge in [-0.15, -0.1) is 0 Å². The van der Waals surface area contributed by atoms with Gasteiger partial charge in [-0.3, -0.25) is 38.4 Å². The molecule has 0 spiro atoms. The van der Waals surface area contributed by atoms with Crippen LogP contribution < -0.4 is 10.6 Å². The van der Waals surface area contributed by atoms with Crippen LogP contribution in [0, 0.1) is 5.92 Å². The number of ether oxygens (including phenoxy) is 8. The van der Waals surface area contributed by atoms with Gasteiger partial charge < -0.3 is 58.7 Å². The molecule has 0 rings (SSSR count). The minimum atomic E-state index is -1.07. The molecule has 2 amide bonds. The largest absolute Gasteiger partial charge is 0.481 e. The number of ketones is 4. The van der Waals surface area contributed by atoms with Gasteiger partial charge in [0, 0.05) is 64.8 Å². The van der Waals surface area contributed by atoms with E-state index < -0.39 is 17.9 Å². The highest BCUT2D eigenvalue weighted by Crippen LogP contribution is 2.17. The van der Waals surface area contributed by atoms with Crippen molar-refractivity contribution in [3.05, 3.63) is 0 Å². The summed E-state index contributed by atoms with van der Waals surface area (Å²) in [7, 11) is 0. The second-order valence-electron chi connectivity index (χ2n) is 18.2. The molecular formula is C53H94N2O18. The molecule has 0 bridgehead atoms. The lowest BCUT2D eigenvalue weighted by Crippen LogP contribution is -2.31. The molecule has 4 N–H and O–H groups in total. The van der Waals surface area contributed by atoms with Gasteiger partial charge >= 0.3 is 11.9 Å². The van der Waals surface area contributed by atoms with Crippen LogP contribution in [0.2, 0.25) is 0 Å². The molecule has 0 aromatic heterocycles. The molecule has 0 fully saturated rings. The Morgan fingerprint density at radius 3 is 1.14 bits per heavy atom. The van der Waals surface area contributed by atoms with Gasteiger partial charge in [0.2, 0.25) is 11.8 Å². The van der Waals surface area contributed by atoms with Crippen LogP contribution in [0.15, 0.2) is 0 Å². The maximum atomic E-state index is 12.5. The molecule has 0 aliphatic carbocycles. The smallest absolute Gasteiger partial charge is 0.306 e. The number of hydrogen-bond acceptors (Lipinski definition) is 16. The first-order valence-electron chi connectivity index (χ1n) is 27.0. The molecule has 0 aromatic rings. The Labute approximate surface area is 435 Å². The molecule has 0 saturated carbocycles. The third kappa shape index (κ3) is 54.3. The highest BCUT2D eigenvalue weighted by atomic mass is 16.5. The van der Waals surface area contributed by atoms with Crippen LogP contribution in [-0.4, -0.2) is 176 Å². The molecule has 0 aliphatic rings. The normalized spacial score (nSPS) is 11.6. The van der Waals surface area contributed by atoms with Gasteiger partial charge in [-0.2, -0.15) is 0 Å². The van der Waals surface area contributed by atoms with Gasteiger partial charge in [0.25, 0.3) is 0 Å². The van der Waals surface area contributed by atoms with E-state index in [1.807, 2.05) is 0 Å². The molecule has 20 heteroatoms. The molecule has 20 nitrogen and oxygen atoms in total. The van der Waals surface area contributed by atoms with Gasteiger partial charge in [-0.25, -0.2) is 0 Å². The number of rotatable bonds is 59. The van der Waals surface area contributed by atoms with Crippen molar-refractivity contribution in [2.45, 2.75) is 167 Å². The predicted octanol–water partition coefficient (Wildman–Crippen LogP) is 6.19. The van der Waals surface area contributed by atoms with Gasteiger partial charge in [0.1, 0.15) is 32.2 Å². The van der Waals surface area contributed by atoms with Crippen molar-refractivity contribution in [2.24, 2.45) is 5.92 Å². The van der Waals surface area contributed by atoms with Crippen molar-refractivity contribution in [2.75, 3.05) is 119 Å². The number of amides is 2. The number of carbonyl (C=O) groups excluding carboxylic acids is 6. The van der Waals surface area contributed by atoms with Crippen LogP contribution in [0.4, 0.5) is 0 Å². The highest BCUT2D eigenvalue weighted by molar-refractivity contribution is 5.84. The summed E-state index contributed by atoms with van der Waals surface area (Å²) >= 11 is 0. The third-order valence-corrected chi connectivity index (χ3v) is 11.3. The predicted molar refractivity (Wildman–Crippen MR) is 272 cm³/mol. The summed E-state index contributed by atoms with van der Waals surface area (Å²) < 4.78 is 42.7. The van der Waals surface area contributed by atoms with Crippen LogP contribution in [-0.2, 0) is 76.3 Å². The zero-order valence-electron chi connectivity index (χ0n) is 44.4. The topological polar surface area (TPSA) is 275 Å². The maximum absolute atomic E-state index is 12.5. The quantitative estimate of drug-likeness (QED) is 0.0495. The fourth-order valence-corrected chi connectivity index (χ4v) is 7.25. The van der Waals surface area contributed by atoms with E-state index in [0.29, 0.717) is 58.7 Å². The summed E-state index contributed by atoms with van der Waals surface area (Å²) in [4.78, 5) is 93.7. The number of hydrogen-bond donors (Lipinski definition) is 4. The molecular weight excluding hydrogens is 953 g/mol. The summed E-state index contributed by atoms with van der Waals surface area (Å²) in [6.45, 7) is 5.27. The lowest BCUT2D eigenvalue weighted by Gasteiger charge is -2.12. The number of carboxylic acid groups (broad SMARTS) is 2. The number of aliphatic carboxylic acids is 2. The molecule has 73 heavy (non-hydrogen) atoms. The van der Waals surface area contributed by atoms with Crippen molar-refractivity contribution in [1.82, 2.24) is 10.6 Å². The fraction of sp³-hybridized carbons (Fsp3) is 0.849. The van der Waals surface area contributed by atoms with Crippen molar-refractivity contribution in [3.63, 3.8) is 0 Å². The number of carbonyl (C=O) groups is 8. The summed E-state index contributed by atoms with van der Waals surface area (Å²) in [6.07, 6.45) is 20.4. The van der Waals surface area contributed by atoms with Crippen LogP contribution >= 0.6 is 0 Å². The Hall–Kier alpha value is -3.76. The van der Waals surface area contributed by atoms with E-state index in [-0.39, 0.29) is 153 Å². The Bertz CT molecular complexity index is 1430. The number of nitrogens with one attached hydrogen (secondary N) is 2. The van der Waals surface area contributed by atoms with Gasteiger partial charge in [-0.05, 0) is 39.0 Å². The Balaban J connectivity index is 3.58. The molecule has 0 heterocycles. The van der Waals surface area contributed by atoms with Crippen molar-refractivity contribution in [3.8, 4) is 0 Å². The molecule has 0 radical (unpaired) electrons. The average Bonchev–Trinajstić information content (AvgIpc) is 3.35. The van der Waals surface area contributed by atoms with Gasteiger partial charge in [0.15, 0.2) is 17.3 Å². The SMILES string of the molecule is CC(=O)COCCOCCCC(=O)COCCOCCNC(=O)COCCOCCCC(=O)COCCOCCNC(=O)CC[C@H](CC(=O)CCCCCCCCCCCCCCCCCCC(=O)O)C(=O)O. The Kier molecular flexibility index (Phi) is 50.3. The summed E-state index contributed by atoms with van der Waals surface area (Å²) in [5, 5.41) is 23.7. The monoisotopic (exact) mass is 1050 g/mol. The zero-order valence-corrected chi connectivity index (χ0v) is 44.4. The first-order chi connectivity index (χ1) is 35.4. The molecule has 0 saturated heterocycles. The molecule has 1 atom stereocenters. The van der Waals surface area contributed by atoms with E-state index >= 15 is 0 Å². The fourth-order valence-electron chi connectivity index (χ4n) is 7.25. The second kappa shape index (κ2) is 53.1. The maximum Gasteiger partial charge on any atom is 0.306 e. The van der Waals surface area contributed by atoms with Crippen LogP contribution in [0.25, 0.3) is 0 Å². The zero-order chi connectivity index (χ0) is 53.7. The lowest BCUT2D eigenvalue weighted by atomic mass is 9.94. The van der Waals surface area contributed by atoms with E-state index in [1.54, 1.807) is 0 Å². The minimum absolute atomic E-state index is 0.00152. The lowest BCUT2D eigenvalue weighted by molar-refractivity contribution is -0.144. The van der Waals surface area contributed by atoms with E-state index in [2.05, 4.69) is 10.6 Å². The van der Waals surface area contributed by atoms with Crippen molar-refractivity contribution in [1.29, 1.82) is 0 Å². The molecule has 0 unspecified atom stereocenters. The molecule has 424 valence electrons. The van der Waals surface area contributed by atoms with Crippen LogP contribution in [0.3, 0.4) is 0 Å². The summed E-state index contributed by atoms with van der Waals surface area (Å²) in [5.41, 5.74) is 0. The molecule has 0 aromatic carbocycles. The first-order valence-corrected chi connectivity index (χ1v) is 27.0. The number of unbranched alkanes of at least 4 members (excludes halogenated alkanes) is 15. The Morgan fingerprint density at radius 2 is 0.712 bits per heavy atom. The highest BCUT2D eigenvalue weighted by Gasteiger charge is 2.22. The van der Waals surface area contributed by atoms with E-state index in [0.717, 1.165) is 44.9 Å². The second-order valence-corrected chi connectivity index (χ2v) is 18.2. The van der Waals surface area contributed by atoms with Crippen molar-refractivity contribution >= 4 is 46.9 Å². The average molecular weight is 1050 g/mol. The third-order valence-electron chi connectivity index (χ3n) is 11.3. The standard InChI is InChI=1S/C53H94N2O18/c1-45(56)41-70-36-32-66-28-18-21-48(58)43-72-38-35-69-31-27-55-51(61)44-73-39-33-67-29-19-22-49(59)42-71-37-34-68-30-26-54-50(60)25-24-46(53(64)65)40-47(57)20-16-14-12-10-8-6-4-2-3-5-7-9-11-13-15-17-23-52(62)63/h46H,2-44H2,1H3,(H,54,60)(H,55,61)(H,62,63)(H,64,65)/t46-/m1/s1. The van der Waals surface area contributed by atoms with E-state index in [9.17, 15) is 43.5 Å². The number of Topliss-reactive ketones (excluding diaryl/α,β-unsaturated/α-hetero) is 4. The van der Waals surface area contributed by atoms with Crippen LogP contribution in [0.5, 0.6) is 0 Å². The van der Waals surface area contributed by atoms with Gasteiger partial charge in [0.05, 0.1) is 72.0 Å². The van der Waals surface area contributed by atoms with E-state index in [1.165, 1.54) is 64.7 Å². The molecule has 0 aliphatic heterocycles. The van der Waals surface area contributed by atoms with E-state index in [4.69, 9.17) is 43.0 Å². The van der Waals surface area contributed by atoms with Crippen molar-refractivity contribution < 1.29 is 86.5 Å².